The lowest BCUT2D eigenvalue weighted by Gasteiger charge is -2.27. The molecule has 1 aliphatic carbocycles. The first-order valence-electron chi connectivity index (χ1n) is 7.32. The molecule has 0 saturated heterocycles. The molecule has 6 heteroatoms. The molecular formula is C14H25N3O2S. The van der Waals surface area contributed by atoms with Crippen molar-refractivity contribution in [1.82, 2.24) is 10.6 Å². The van der Waals surface area contributed by atoms with Gasteiger partial charge in [-0.25, -0.2) is 0 Å². The number of primary amides is 1. The van der Waals surface area contributed by atoms with E-state index in [0.717, 1.165) is 6.42 Å². The van der Waals surface area contributed by atoms with Crippen molar-refractivity contribution in [2.24, 2.45) is 11.7 Å². The van der Waals surface area contributed by atoms with Crippen molar-refractivity contribution in [1.29, 1.82) is 0 Å². The topological polar surface area (TPSA) is 84.2 Å². The Morgan fingerprint density at radius 1 is 1.25 bits per heavy atom. The summed E-state index contributed by atoms with van der Waals surface area (Å²) in [5.41, 5.74) is 5.05. The van der Waals surface area contributed by atoms with Crippen molar-refractivity contribution in [2.75, 3.05) is 7.05 Å². The average molecular weight is 299 g/mol. The van der Waals surface area contributed by atoms with Crippen LogP contribution in [0.5, 0.6) is 0 Å². The molecule has 2 amide bonds. The molecule has 0 aromatic rings. The molecule has 0 aromatic carbocycles. The first kappa shape index (κ1) is 16.9. The maximum absolute atomic E-state index is 11.8. The Morgan fingerprint density at radius 2 is 1.90 bits per heavy atom. The largest absolute Gasteiger partial charge is 0.381 e. The predicted octanol–water partition coefficient (Wildman–Crippen LogP) is 1.25. The molecule has 1 aliphatic rings. The molecule has 0 aliphatic heterocycles. The molecular weight excluding hydrogens is 274 g/mol. The van der Waals surface area contributed by atoms with Gasteiger partial charge in [0, 0.05) is 19.9 Å². The van der Waals surface area contributed by atoms with E-state index in [0.29, 0.717) is 10.9 Å². The van der Waals surface area contributed by atoms with Gasteiger partial charge < -0.3 is 16.4 Å². The highest BCUT2D eigenvalue weighted by atomic mass is 32.1. The van der Waals surface area contributed by atoms with Gasteiger partial charge in [0.1, 0.15) is 0 Å². The van der Waals surface area contributed by atoms with Gasteiger partial charge in [-0.1, -0.05) is 44.3 Å². The van der Waals surface area contributed by atoms with Crippen molar-refractivity contribution in [3.63, 3.8) is 0 Å². The van der Waals surface area contributed by atoms with Crippen molar-refractivity contribution >= 4 is 29.0 Å². The second-order valence-corrected chi connectivity index (χ2v) is 5.88. The Balaban J connectivity index is 2.48. The lowest BCUT2D eigenvalue weighted by Crippen LogP contribution is -2.46. The summed E-state index contributed by atoms with van der Waals surface area (Å²) >= 11 is 5.28. The summed E-state index contributed by atoms with van der Waals surface area (Å²) in [4.78, 5) is 23.2. The van der Waals surface area contributed by atoms with E-state index < -0.39 is 5.91 Å². The molecule has 0 radical (unpaired) electrons. The van der Waals surface area contributed by atoms with Crippen molar-refractivity contribution in [2.45, 2.75) is 57.4 Å². The number of carbonyl (C=O) groups excluding carboxylic acids is 2. The van der Waals surface area contributed by atoms with Gasteiger partial charge >= 0.3 is 0 Å². The molecule has 0 unspecified atom stereocenters. The lowest BCUT2D eigenvalue weighted by atomic mass is 9.84. The maximum atomic E-state index is 11.8. The van der Waals surface area contributed by atoms with E-state index in [1.165, 1.54) is 32.1 Å². The number of likely N-dealkylation sites (N-methyl/N-ethyl adjacent to an activating group) is 1. The fourth-order valence-corrected chi connectivity index (χ4v) is 2.82. The van der Waals surface area contributed by atoms with Gasteiger partial charge in [0.2, 0.25) is 11.8 Å². The Kier molecular flexibility index (Phi) is 7.51. The third-order valence-electron chi connectivity index (χ3n) is 3.79. The van der Waals surface area contributed by atoms with Crippen LogP contribution in [0.25, 0.3) is 0 Å². The predicted molar refractivity (Wildman–Crippen MR) is 83.2 cm³/mol. The number of hydrogen-bond donors (Lipinski definition) is 3. The minimum absolute atomic E-state index is 0.0777. The summed E-state index contributed by atoms with van der Waals surface area (Å²) in [6.07, 6.45) is 7.33. The van der Waals surface area contributed by atoms with E-state index in [1.807, 2.05) is 0 Å². The third kappa shape index (κ3) is 6.32. The summed E-state index contributed by atoms with van der Waals surface area (Å²) in [6.45, 7) is 0. The lowest BCUT2D eigenvalue weighted by molar-refractivity contribution is -0.125. The number of thiocarbonyl (C=S) groups is 1. The molecule has 0 spiro atoms. The van der Waals surface area contributed by atoms with Gasteiger partial charge in [0.25, 0.3) is 0 Å². The number of nitrogens with two attached hydrogens (primary N) is 1. The molecule has 114 valence electrons. The van der Waals surface area contributed by atoms with Crippen LogP contribution in [-0.2, 0) is 9.59 Å². The first-order chi connectivity index (χ1) is 9.52. The molecule has 1 saturated carbocycles. The number of rotatable bonds is 7. The van der Waals surface area contributed by atoms with E-state index in [2.05, 4.69) is 10.6 Å². The van der Waals surface area contributed by atoms with E-state index in [1.54, 1.807) is 7.05 Å². The number of nitrogens with one attached hydrogen (secondary N) is 2. The van der Waals surface area contributed by atoms with E-state index >= 15 is 0 Å². The summed E-state index contributed by atoms with van der Waals surface area (Å²) in [6, 6.07) is -0.140. The quantitative estimate of drug-likeness (QED) is 0.618. The number of amides is 2. The van der Waals surface area contributed by atoms with Crippen LogP contribution in [-0.4, -0.2) is 29.9 Å². The van der Waals surface area contributed by atoms with Crippen LogP contribution in [0.4, 0.5) is 0 Å². The summed E-state index contributed by atoms with van der Waals surface area (Å²) < 4.78 is 0. The first-order valence-corrected chi connectivity index (χ1v) is 7.73. The Hall–Kier alpha value is -1.17. The Bertz CT molecular complexity index is 354. The zero-order chi connectivity index (χ0) is 15.0. The smallest absolute Gasteiger partial charge is 0.221 e. The van der Waals surface area contributed by atoms with Gasteiger partial charge in [0.05, 0.1) is 11.0 Å². The van der Waals surface area contributed by atoms with Gasteiger partial charge in [0.15, 0.2) is 0 Å². The van der Waals surface area contributed by atoms with Crippen molar-refractivity contribution in [3.05, 3.63) is 0 Å². The summed E-state index contributed by atoms with van der Waals surface area (Å²) in [5, 5.41) is 5.87. The van der Waals surface area contributed by atoms with Crippen LogP contribution in [0.1, 0.15) is 51.4 Å². The number of carbonyl (C=O) groups is 2. The van der Waals surface area contributed by atoms with Crippen molar-refractivity contribution in [3.8, 4) is 0 Å². The minimum atomic E-state index is -0.458. The second kappa shape index (κ2) is 8.89. The molecule has 20 heavy (non-hydrogen) atoms. The molecule has 0 aromatic heterocycles. The summed E-state index contributed by atoms with van der Waals surface area (Å²) in [5.74, 6) is -0.00104. The zero-order valence-corrected chi connectivity index (χ0v) is 12.9. The van der Waals surface area contributed by atoms with Crippen molar-refractivity contribution < 1.29 is 9.59 Å². The molecule has 0 bridgehead atoms. The van der Waals surface area contributed by atoms with Crippen LogP contribution in [0, 0.1) is 5.92 Å². The molecule has 5 nitrogen and oxygen atoms in total. The third-order valence-corrected chi connectivity index (χ3v) is 4.28. The molecule has 0 heterocycles. The van der Waals surface area contributed by atoms with Crippen LogP contribution >= 0.6 is 12.2 Å². The summed E-state index contributed by atoms with van der Waals surface area (Å²) in [7, 11) is 1.77. The van der Waals surface area contributed by atoms with Crippen LogP contribution < -0.4 is 16.4 Å². The monoisotopic (exact) mass is 299 g/mol. The standard InChI is InChI=1S/C14H25N3O2S/c1-16-14(20)11(9-10-5-3-2-4-6-10)17-13(19)8-7-12(15)18/h10-11H,2-9H2,1H3,(H2,15,18)(H,16,20)(H,17,19)/t11-/m0/s1. The molecule has 1 rings (SSSR count). The molecule has 1 fully saturated rings. The second-order valence-electron chi connectivity index (χ2n) is 5.44. The zero-order valence-electron chi connectivity index (χ0n) is 12.1. The SMILES string of the molecule is CNC(=S)[C@H](CC1CCCCC1)NC(=O)CCC(N)=O. The Labute approximate surface area is 126 Å². The Morgan fingerprint density at radius 3 is 2.45 bits per heavy atom. The highest BCUT2D eigenvalue weighted by Gasteiger charge is 2.23. The molecule has 4 N–H and O–H groups in total. The maximum Gasteiger partial charge on any atom is 0.221 e. The normalized spacial score (nSPS) is 17.2. The van der Waals surface area contributed by atoms with Gasteiger partial charge in [-0.3, -0.25) is 9.59 Å². The average Bonchev–Trinajstić information content (AvgIpc) is 2.44. The van der Waals surface area contributed by atoms with E-state index in [9.17, 15) is 9.59 Å². The van der Waals surface area contributed by atoms with Gasteiger partial charge in [-0.2, -0.15) is 0 Å². The van der Waals surface area contributed by atoms with Crippen LogP contribution in [0.15, 0.2) is 0 Å². The van der Waals surface area contributed by atoms with Gasteiger partial charge in [-0.15, -0.1) is 0 Å². The molecule has 1 atom stereocenters. The highest BCUT2D eigenvalue weighted by Crippen LogP contribution is 2.27. The van der Waals surface area contributed by atoms with Crippen LogP contribution in [0.2, 0.25) is 0 Å². The number of hydrogen-bond acceptors (Lipinski definition) is 3. The fourth-order valence-electron chi connectivity index (χ4n) is 2.67. The highest BCUT2D eigenvalue weighted by molar-refractivity contribution is 7.80. The van der Waals surface area contributed by atoms with E-state index in [4.69, 9.17) is 18.0 Å². The van der Waals surface area contributed by atoms with Gasteiger partial charge in [-0.05, 0) is 12.3 Å². The fraction of sp³-hybridized carbons (Fsp3) is 0.786. The van der Waals surface area contributed by atoms with Crippen LogP contribution in [0.3, 0.4) is 0 Å². The minimum Gasteiger partial charge on any atom is -0.381 e. The van der Waals surface area contributed by atoms with E-state index in [-0.39, 0.29) is 24.8 Å².